The topological polar surface area (TPSA) is 15.3 Å². The lowest BCUT2D eigenvalue weighted by molar-refractivity contribution is 0.0699. The van der Waals surface area contributed by atoms with E-state index in [-0.39, 0.29) is 0 Å². The van der Waals surface area contributed by atoms with E-state index < -0.39 is 0 Å². The van der Waals surface area contributed by atoms with Crippen molar-refractivity contribution in [3.63, 3.8) is 0 Å². The number of halogens is 1. The van der Waals surface area contributed by atoms with E-state index in [1.54, 1.807) is 0 Å². The van der Waals surface area contributed by atoms with Crippen LogP contribution in [0.25, 0.3) is 0 Å². The molecule has 1 aromatic carbocycles. The quantitative estimate of drug-likeness (QED) is 0.829. The lowest BCUT2D eigenvalue weighted by atomic mass is 9.68. The minimum absolute atomic E-state index is 0.730. The summed E-state index contributed by atoms with van der Waals surface area (Å²) < 4.78 is 1.14. The van der Waals surface area contributed by atoms with Gasteiger partial charge in [0, 0.05) is 23.2 Å². The van der Waals surface area contributed by atoms with Crippen molar-refractivity contribution in [2.45, 2.75) is 44.9 Å². The number of benzene rings is 1. The first-order valence-corrected chi connectivity index (χ1v) is 9.27. The SMILES string of the molecule is Brc1ccc(NCCN2CCC3(CCCCC3)CC2)cc1. The fraction of sp³-hybridized carbons (Fsp3) is 0.667. The summed E-state index contributed by atoms with van der Waals surface area (Å²) in [6, 6.07) is 8.46. The molecule has 2 aliphatic rings. The summed E-state index contributed by atoms with van der Waals surface area (Å²) in [4.78, 5) is 2.64. The second-order valence-corrected chi connectivity index (χ2v) is 7.75. The fourth-order valence-corrected chi connectivity index (χ4v) is 4.24. The summed E-state index contributed by atoms with van der Waals surface area (Å²) >= 11 is 3.48. The summed E-state index contributed by atoms with van der Waals surface area (Å²) in [5.41, 5.74) is 1.95. The maximum absolute atomic E-state index is 3.53. The van der Waals surface area contributed by atoms with E-state index in [0.29, 0.717) is 0 Å². The van der Waals surface area contributed by atoms with Gasteiger partial charge in [0.1, 0.15) is 0 Å². The molecule has 0 atom stereocenters. The van der Waals surface area contributed by atoms with Gasteiger partial charge in [0.15, 0.2) is 0 Å². The van der Waals surface area contributed by atoms with Crippen molar-refractivity contribution in [2.24, 2.45) is 5.41 Å². The van der Waals surface area contributed by atoms with Crippen LogP contribution in [0.1, 0.15) is 44.9 Å². The second-order valence-electron chi connectivity index (χ2n) is 6.84. The molecule has 0 bridgehead atoms. The van der Waals surface area contributed by atoms with Crippen molar-refractivity contribution >= 4 is 21.6 Å². The van der Waals surface area contributed by atoms with Crippen LogP contribution >= 0.6 is 15.9 Å². The molecule has 21 heavy (non-hydrogen) atoms. The highest BCUT2D eigenvalue weighted by molar-refractivity contribution is 9.10. The third-order valence-corrected chi connectivity index (χ3v) is 5.96. The summed E-state index contributed by atoms with van der Waals surface area (Å²) in [6.07, 6.45) is 10.3. The first-order chi connectivity index (χ1) is 10.3. The van der Waals surface area contributed by atoms with E-state index in [4.69, 9.17) is 0 Å². The molecule has 1 aliphatic heterocycles. The molecule has 1 spiro atoms. The lowest BCUT2D eigenvalue weighted by Crippen LogP contribution is -2.42. The molecule has 1 saturated heterocycles. The van der Waals surface area contributed by atoms with E-state index in [1.165, 1.54) is 70.3 Å². The van der Waals surface area contributed by atoms with Gasteiger partial charge in [-0.2, -0.15) is 0 Å². The highest BCUT2D eigenvalue weighted by Gasteiger charge is 2.35. The standard InChI is InChI=1S/C18H27BrN2/c19-16-4-6-17(7-5-16)20-12-15-21-13-10-18(11-14-21)8-2-1-3-9-18/h4-7,20H,1-3,8-15H2. The monoisotopic (exact) mass is 350 g/mol. The summed E-state index contributed by atoms with van der Waals surface area (Å²) in [6.45, 7) is 4.84. The molecule has 116 valence electrons. The Balaban J connectivity index is 1.38. The molecule has 1 aromatic rings. The Kier molecular flexibility index (Phi) is 5.23. The van der Waals surface area contributed by atoms with E-state index in [9.17, 15) is 0 Å². The van der Waals surface area contributed by atoms with Gasteiger partial charge >= 0.3 is 0 Å². The maximum Gasteiger partial charge on any atom is 0.0341 e. The molecule has 2 fully saturated rings. The molecule has 0 unspecified atom stereocenters. The van der Waals surface area contributed by atoms with Crippen molar-refractivity contribution < 1.29 is 0 Å². The number of anilines is 1. The summed E-state index contributed by atoms with van der Waals surface area (Å²) in [5.74, 6) is 0. The molecule has 1 N–H and O–H groups in total. The third-order valence-electron chi connectivity index (χ3n) is 5.43. The van der Waals surface area contributed by atoms with Crippen molar-refractivity contribution in [3.05, 3.63) is 28.7 Å². The number of likely N-dealkylation sites (tertiary alicyclic amines) is 1. The highest BCUT2D eigenvalue weighted by atomic mass is 79.9. The van der Waals surface area contributed by atoms with Gasteiger partial charge < -0.3 is 10.2 Å². The Morgan fingerprint density at radius 3 is 2.29 bits per heavy atom. The van der Waals surface area contributed by atoms with Crippen LogP contribution in [0.5, 0.6) is 0 Å². The molecule has 1 saturated carbocycles. The molecular formula is C18H27BrN2. The lowest BCUT2D eigenvalue weighted by Gasteiger charge is -2.44. The number of hydrogen-bond acceptors (Lipinski definition) is 2. The number of nitrogens with zero attached hydrogens (tertiary/aromatic N) is 1. The molecule has 2 nitrogen and oxygen atoms in total. The van der Waals surface area contributed by atoms with Crippen molar-refractivity contribution in [2.75, 3.05) is 31.5 Å². The van der Waals surface area contributed by atoms with E-state index >= 15 is 0 Å². The Labute approximate surface area is 137 Å². The number of piperidine rings is 1. The molecule has 3 heteroatoms. The van der Waals surface area contributed by atoms with Crippen LogP contribution in [0.15, 0.2) is 28.7 Å². The largest absolute Gasteiger partial charge is 0.384 e. The van der Waals surface area contributed by atoms with Gasteiger partial charge in [-0.25, -0.2) is 0 Å². The van der Waals surface area contributed by atoms with Crippen LogP contribution in [0, 0.1) is 5.41 Å². The smallest absolute Gasteiger partial charge is 0.0341 e. The van der Waals surface area contributed by atoms with Gasteiger partial charge in [0.25, 0.3) is 0 Å². The molecule has 3 rings (SSSR count). The summed E-state index contributed by atoms with van der Waals surface area (Å²) in [7, 11) is 0. The Morgan fingerprint density at radius 1 is 0.952 bits per heavy atom. The molecule has 0 aromatic heterocycles. The minimum atomic E-state index is 0.730. The second kappa shape index (κ2) is 7.15. The van der Waals surface area contributed by atoms with Crippen LogP contribution in [-0.2, 0) is 0 Å². The predicted octanol–water partition coefficient (Wildman–Crippen LogP) is 4.91. The zero-order chi connectivity index (χ0) is 14.5. The molecule has 0 amide bonds. The Morgan fingerprint density at radius 2 is 1.62 bits per heavy atom. The molecule has 0 radical (unpaired) electrons. The minimum Gasteiger partial charge on any atom is -0.384 e. The van der Waals surface area contributed by atoms with Crippen LogP contribution in [0.4, 0.5) is 5.69 Å². The average Bonchev–Trinajstić information content (AvgIpc) is 2.52. The average molecular weight is 351 g/mol. The van der Waals surface area contributed by atoms with Gasteiger partial charge in [-0.15, -0.1) is 0 Å². The van der Waals surface area contributed by atoms with Gasteiger partial charge in [0.05, 0.1) is 0 Å². The van der Waals surface area contributed by atoms with Gasteiger partial charge in [-0.1, -0.05) is 35.2 Å². The van der Waals surface area contributed by atoms with Crippen LogP contribution in [0.3, 0.4) is 0 Å². The first-order valence-electron chi connectivity index (χ1n) is 8.48. The van der Waals surface area contributed by atoms with Crippen molar-refractivity contribution in [1.29, 1.82) is 0 Å². The van der Waals surface area contributed by atoms with E-state index in [0.717, 1.165) is 16.4 Å². The van der Waals surface area contributed by atoms with E-state index in [2.05, 4.69) is 50.4 Å². The predicted molar refractivity (Wildman–Crippen MR) is 93.8 cm³/mol. The first kappa shape index (κ1) is 15.4. The molecular weight excluding hydrogens is 324 g/mol. The number of hydrogen-bond donors (Lipinski definition) is 1. The summed E-state index contributed by atoms with van der Waals surface area (Å²) in [5, 5.41) is 3.53. The maximum atomic E-state index is 3.53. The van der Waals surface area contributed by atoms with Gasteiger partial charge in [-0.05, 0) is 68.5 Å². The number of nitrogens with one attached hydrogen (secondary N) is 1. The third kappa shape index (κ3) is 4.23. The van der Waals surface area contributed by atoms with Crippen LogP contribution < -0.4 is 5.32 Å². The van der Waals surface area contributed by atoms with E-state index in [1.807, 2.05) is 0 Å². The molecule has 1 heterocycles. The molecule has 1 aliphatic carbocycles. The van der Waals surface area contributed by atoms with Gasteiger partial charge in [-0.3, -0.25) is 0 Å². The zero-order valence-corrected chi connectivity index (χ0v) is 14.5. The zero-order valence-electron chi connectivity index (χ0n) is 12.9. The fourth-order valence-electron chi connectivity index (χ4n) is 3.98. The van der Waals surface area contributed by atoms with Crippen molar-refractivity contribution in [3.8, 4) is 0 Å². The Hall–Kier alpha value is -0.540. The Bertz CT molecular complexity index is 427. The normalized spacial score (nSPS) is 22.3. The van der Waals surface area contributed by atoms with Gasteiger partial charge in [0.2, 0.25) is 0 Å². The number of rotatable bonds is 4. The highest BCUT2D eigenvalue weighted by Crippen LogP contribution is 2.44. The van der Waals surface area contributed by atoms with Crippen LogP contribution in [-0.4, -0.2) is 31.1 Å². The van der Waals surface area contributed by atoms with Crippen LogP contribution in [0.2, 0.25) is 0 Å². The van der Waals surface area contributed by atoms with Crippen molar-refractivity contribution in [1.82, 2.24) is 4.90 Å².